The van der Waals surface area contributed by atoms with E-state index in [9.17, 15) is 13.2 Å². The van der Waals surface area contributed by atoms with Crippen molar-refractivity contribution in [3.63, 3.8) is 0 Å². The molecule has 0 bridgehead atoms. The molecule has 0 aromatic rings. The van der Waals surface area contributed by atoms with Crippen LogP contribution in [-0.2, 0) is 19.4 Å². The summed E-state index contributed by atoms with van der Waals surface area (Å²) in [5, 5.41) is 0. The zero-order chi connectivity index (χ0) is 17.0. The van der Waals surface area contributed by atoms with E-state index in [0.717, 1.165) is 32.8 Å². The van der Waals surface area contributed by atoms with E-state index in [1.165, 1.54) is 0 Å². The smallest absolute Gasteiger partial charge is 0.223 e. The van der Waals surface area contributed by atoms with Crippen molar-refractivity contribution in [2.45, 2.75) is 33.2 Å². The van der Waals surface area contributed by atoms with E-state index in [0.29, 0.717) is 18.5 Å². The Morgan fingerprint density at radius 1 is 1.22 bits per heavy atom. The summed E-state index contributed by atoms with van der Waals surface area (Å²) in [7, 11) is -3.13. The van der Waals surface area contributed by atoms with Crippen LogP contribution in [0.2, 0.25) is 0 Å². The van der Waals surface area contributed by atoms with Crippen molar-refractivity contribution in [3.8, 4) is 0 Å². The maximum Gasteiger partial charge on any atom is 0.223 e. The number of sulfone groups is 1. The largest absolute Gasteiger partial charge is 0.379 e. The second kappa shape index (κ2) is 7.94. The average molecular weight is 346 g/mol. The molecule has 2 rings (SSSR count). The highest BCUT2D eigenvalue weighted by atomic mass is 32.2. The quantitative estimate of drug-likeness (QED) is 0.706. The predicted octanol–water partition coefficient (Wildman–Crippen LogP) is 0.626. The topological polar surface area (TPSA) is 66.9 Å². The number of nitrogens with zero attached hydrogens (tertiary/aromatic N) is 2. The maximum atomic E-state index is 12.4. The predicted molar refractivity (Wildman–Crippen MR) is 90.0 cm³/mol. The third kappa shape index (κ3) is 5.43. The summed E-state index contributed by atoms with van der Waals surface area (Å²) in [5.74, 6) is 0.626. The van der Waals surface area contributed by atoms with E-state index in [-0.39, 0.29) is 29.8 Å². The minimum Gasteiger partial charge on any atom is -0.379 e. The first-order valence-electron chi connectivity index (χ1n) is 8.58. The van der Waals surface area contributed by atoms with Crippen LogP contribution >= 0.6 is 0 Å². The van der Waals surface area contributed by atoms with Gasteiger partial charge in [-0.25, -0.2) is 8.42 Å². The first kappa shape index (κ1) is 18.7. The summed E-state index contributed by atoms with van der Waals surface area (Å²) in [6.45, 7) is 10.7. The van der Waals surface area contributed by atoms with Crippen molar-refractivity contribution in [3.05, 3.63) is 0 Å². The fourth-order valence-corrected chi connectivity index (χ4v) is 5.20. The number of hydrogen-bond acceptors (Lipinski definition) is 5. The summed E-state index contributed by atoms with van der Waals surface area (Å²) in [5.41, 5.74) is 0. The molecule has 0 radical (unpaired) electrons. The molecule has 23 heavy (non-hydrogen) atoms. The van der Waals surface area contributed by atoms with Crippen molar-refractivity contribution < 1.29 is 17.9 Å². The number of ether oxygens (including phenoxy) is 1. The Bertz CT molecular complexity index is 500. The lowest BCUT2D eigenvalue weighted by atomic mass is 10.0. The lowest BCUT2D eigenvalue weighted by Gasteiger charge is -2.34. The Balaban J connectivity index is 1.84. The van der Waals surface area contributed by atoms with Gasteiger partial charge in [-0.15, -0.1) is 0 Å². The first-order chi connectivity index (χ1) is 10.8. The fraction of sp³-hybridized carbons (Fsp3) is 0.938. The van der Waals surface area contributed by atoms with Crippen LogP contribution in [0.3, 0.4) is 0 Å². The molecule has 0 aromatic carbocycles. The molecule has 134 valence electrons. The van der Waals surface area contributed by atoms with Crippen molar-refractivity contribution in [2.75, 3.05) is 50.9 Å². The summed E-state index contributed by atoms with van der Waals surface area (Å²) < 4.78 is 29.3. The van der Waals surface area contributed by atoms with Gasteiger partial charge in [0.1, 0.15) is 0 Å². The molecule has 6 nitrogen and oxygen atoms in total. The second-order valence-corrected chi connectivity index (χ2v) is 9.48. The fourth-order valence-electron chi connectivity index (χ4n) is 3.53. The lowest BCUT2D eigenvalue weighted by Crippen LogP contribution is -2.47. The Hall–Kier alpha value is -0.660. The van der Waals surface area contributed by atoms with Crippen LogP contribution in [0.25, 0.3) is 0 Å². The third-order valence-corrected chi connectivity index (χ3v) is 6.65. The summed E-state index contributed by atoms with van der Waals surface area (Å²) in [6.07, 6.45) is 0.109. The van der Waals surface area contributed by atoms with E-state index in [2.05, 4.69) is 11.8 Å². The minimum absolute atomic E-state index is 0.0278. The molecule has 2 saturated heterocycles. The molecular formula is C16H30N2O4S. The van der Waals surface area contributed by atoms with E-state index >= 15 is 0 Å². The SMILES string of the molecule is CC(C)CS(=O)(=O)CCC(=O)N1C[C@@H](C)[C@H](N2CCOCC2)C1. The molecule has 2 aliphatic rings. The van der Waals surface area contributed by atoms with Gasteiger partial charge in [-0.2, -0.15) is 0 Å². The van der Waals surface area contributed by atoms with Gasteiger partial charge < -0.3 is 9.64 Å². The Labute approximate surface area is 140 Å². The van der Waals surface area contributed by atoms with Crippen LogP contribution in [0.5, 0.6) is 0 Å². The number of carbonyl (C=O) groups excluding carboxylic acids is 1. The Kier molecular flexibility index (Phi) is 6.45. The Morgan fingerprint density at radius 2 is 1.87 bits per heavy atom. The summed E-state index contributed by atoms with van der Waals surface area (Å²) in [6, 6.07) is 0.370. The molecule has 1 amide bonds. The van der Waals surface area contributed by atoms with Crippen LogP contribution in [0.15, 0.2) is 0 Å². The molecule has 0 spiro atoms. The molecule has 0 aliphatic carbocycles. The van der Waals surface area contributed by atoms with Crippen molar-refractivity contribution in [2.24, 2.45) is 11.8 Å². The van der Waals surface area contributed by atoms with Crippen molar-refractivity contribution in [1.29, 1.82) is 0 Å². The van der Waals surface area contributed by atoms with Crippen molar-refractivity contribution in [1.82, 2.24) is 9.80 Å². The monoisotopic (exact) mass is 346 g/mol. The highest BCUT2D eigenvalue weighted by Crippen LogP contribution is 2.23. The highest BCUT2D eigenvalue weighted by Gasteiger charge is 2.36. The van der Waals surface area contributed by atoms with Gasteiger partial charge in [-0.3, -0.25) is 9.69 Å². The molecule has 2 heterocycles. The second-order valence-electron chi connectivity index (χ2n) is 7.25. The first-order valence-corrected chi connectivity index (χ1v) is 10.4. The third-order valence-electron chi connectivity index (χ3n) is 4.65. The van der Waals surface area contributed by atoms with Gasteiger partial charge in [-0.05, 0) is 11.8 Å². The highest BCUT2D eigenvalue weighted by molar-refractivity contribution is 7.91. The zero-order valence-electron chi connectivity index (χ0n) is 14.5. The van der Waals surface area contributed by atoms with Crippen LogP contribution in [0.1, 0.15) is 27.2 Å². The molecule has 0 unspecified atom stereocenters. The van der Waals surface area contributed by atoms with E-state index < -0.39 is 9.84 Å². The van der Waals surface area contributed by atoms with Gasteiger partial charge in [-0.1, -0.05) is 20.8 Å². The van der Waals surface area contributed by atoms with Gasteiger partial charge in [0, 0.05) is 38.6 Å². The van der Waals surface area contributed by atoms with Gasteiger partial charge in [0.05, 0.1) is 24.7 Å². The number of morpholine rings is 1. The number of hydrogen-bond donors (Lipinski definition) is 0. The number of rotatable bonds is 6. The normalized spacial score (nSPS) is 26.9. The summed E-state index contributed by atoms with van der Waals surface area (Å²) in [4.78, 5) is 16.6. The standard InChI is InChI=1S/C16H30N2O4S/c1-13(2)12-23(20,21)9-4-16(19)18-10-14(3)15(11-18)17-5-7-22-8-6-17/h13-15H,4-12H2,1-3H3/t14-,15-/m1/s1. The molecule has 0 saturated carbocycles. The van der Waals surface area contributed by atoms with Crippen LogP contribution < -0.4 is 0 Å². The molecular weight excluding hydrogens is 316 g/mol. The zero-order valence-corrected chi connectivity index (χ0v) is 15.3. The van der Waals surface area contributed by atoms with Crippen molar-refractivity contribution >= 4 is 15.7 Å². The molecule has 2 aliphatic heterocycles. The average Bonchev–Trinajstić information content (AvgIpc) is 2.86. The number of likely N-dealkylation sites (tertiary alicyclic amines) is 1. The molecule has 0 aromatic heterocycles. The Morgan fingerprint density at radius 3 is 2.48 bits per heavy atom. The lowest BCUT2D eigenvalue weighted by molar-refractivity contribution is -0.130. The van der Waals surface area contributed by atoms with E-state index in [1.807, 2.05) is 18.7 Å². The van der Waals surface area contributed by atoms with Crippen LogP contribution in [0, 0.1) is 11.8 Å². The van der Waals surface area contributed by atoms with Crippen LogP contribution in [-0.4, -0.2) is 81.1 Å². The molecule has 2 fully saturated rings. The minimum atomic E-state index is -3.13. The molecule has 2 atom stereocenters. The summed E-state index contributed by atoms with van der Waals surface area (Å²) >= 11 is 0. The van der Waals surface area contributed by atoms with Gasteiger partial charge in [0.15, 0.2) is 9.84 Å². The van der Waals surface area contributed by atoms with Crippen LogP contribution in [0.4, 0.5) is 0 Å². The number of carbonyl (C=O) groups is 1. The van der Waals surface area contributed by atoms with Gasteiger partial charge in [0.25, 0.3) is 0 Å². The molecule has 0 N–H and O–H groups in total. The molecule has 7 heteroatoms. The van der Waals surface area contributed by atoms with E-state index in [1.54, 1.807) is 0 Å². The van der Waals surface area contributed by atoms with Gasteiger partial charge >= 0.3 is 0 Å². The maximum absolute atomic E-state index is 12.4. The number of amides is 1. The van der Waals surface area contributed by atoms with Gasteiger partial charge in [0.2, 0.25) is 5.91 Å². The van der Waals surface area contributed by atoms with E-state index in [4.69, 9.17) is 4.74 Å².